The molecule has 120 valence electrons. The van der Waals surface area contributed by atoms with Gasteiger partial charge in [0, 0.05) is 18.8 Å². The monoisotopic (exact) mass is 338 g/mol. The van der Waals surface area contributed by atoms with Gasteiger partial charge in [-0.3, -0.25) is 4.79 Å². The van der Waals surface area contributed by atoms with Crippen LogP contribution in [-0.2, 0) is 4.79 Å². The summed E-state index contributed by atoms with van der Waals surface area (Å²) in [6.45, 7) is 4.29. The van der Waals surface area contributed by atoms with Crippen LogP contribution < -0.4 is 10.1 Å². The van der Waals surface area contributed by atoms with Crippen molar-refractivity contribution in [3.05, 3.63) is 24.3 Å². The summed E-state index contributed by atoms with van der Waals surface area (Å²) in [5.74, 6) is 1.86. The van der Waals surface area contributed by atoms with Gasteiger partial charge in [-0.05, 0) is 43.0 Å². The molecule has 0 saturated carbocycles. The van der Waals surface area contributed by atoms with Gasteiger partial charge < -0.3 is 15.0 Å². The highest BCUT2D eigenvalue weighted by molar-refractivity contribution is 8.23. The van der Waals surface area contributed by atoms with Crippen LogP contribution in [0, 0.1) is 5.92 Å². The van der Waals surface area contributed by atoms with Crippen molar-refractivity contribution in [2.45, 2.75) is 19.8 Å². The van der Waals surface area contributed by atoms with Crippen LogP contribution in [0.3, 0.4) is 0 Å². The molecule has 1 saturated heterocycles. The van der Waals surface area contributed by atoms with Crippen LogP contribution >= 0.6 is 24.0 Å². The van der Waals surface area contributed by atoms with Crippen molar-refractivity contribution in [2.75, 3.05) is 31.3 Å². The number of carbonyl (C=O) groups excluding carboxylic acids is 1. The van der Waals surface area contributed by atoms with E-state index in [0.29, 0.717) is 5.75 Å². The molecule has 0 aromatic heterocycles. The van der Waals surface area contributed by atoms with Crippen LogP contribution in [0.2, 0.25) is 0 Å². The molecule has 22 heavy (non-hydrogen) atoms. The lowest BCUT2D eigenvalue weighted by molar-refractivity contribution is -0.113. The van der Waals surface area contributed by atoms with Gasteiger partial charge in [0.1, 0.15) is 10.1 Å². The van der Waals surface area contributed by atoms with Crippen molar-refractivity contribution >= 4 is 39.9 Å². The van der Waals surface area contributed by atoms with Gasteiger partial charge in [0.25, 0.3) is 0 Å². The first kappa shape index (κ1) is 17.1. The Morgan fingerprint density at radius 1 is 1.36 bits per heavy atom. The lowest BCUT2D eigenvalue weighted by atomic mass is 10.00. The molecule has 6 heteroatoms. The zero-order chi connectivity index (χ0) is 15.9. The summed E-state index contributed by atoms with van der Waals surface area (Å²) in [6, 6.07) is 7.29. The van der Waals surface area contributed by atoms with E-state index in [1.54, 1.807) is 7.11 Å². The third kappa shape index (κ3) is 5.18. The molecule has 1 amide bonds. The number of methoxy groups -OCH3 is 1. The Hall–Kier alpha value is -1.27. The van der Waals surface area contributed by atoms with Gasteiger partial charge in [0.15, 0.2) is 0 Å². The molecule has 1 heterocycles. The SMILES string of the molecule is COc1ccc(NC(=O)CSC(=S)N2CCC(C)CC2)cc1. The van der Waals surface area contributed by atoms with E-state index >= 15 is 0 Å². The fourth-order valence-corrected chi connectivity index (χ4v) is 3.33. The van der Waals surface area contributed by atoms with E-state index in [1.807, 2.05) is 24.3 Å². The van der Waals surface area contributed by atoms with Crippen molar-refractivity contribution in [1.82, 2.24) is 4.90 Å². The summed E-state index contributed by atoms with van der Waals surface area (Å²) in [7, 11) is 1.62. The van der Waals surface area contributed by atoms with Crippen molar-refractivity contribution in [3.8, 4) is 5.75 Å². The van der Waals surface area contributed by atoms with Gasteiger partial charge in [0.05, 0.1) is 12.9 Å². The molecule has 0 unspecified atom stereocenters. The maximum atomic E-state index is 12.0. The van der Waals surface area contributed by atoms with E-state index in [-0.39, 0.29) is 5.91 Å². The minimum Gasteiger partial charge on any atom is -0.497 e. The molecular weight excluding hydrogens is 316 g/mol. The number of thiocarbonyl (C=S) groups is 1. The smallest absolute Gasteiger partial charge is 0.234 e. The van der Waals surface area contributed by atoms with Crippen LogP contribution in [0.15, 0.2) is 24.3 Å². The number of hydrogen-bond acceptors (Lipinski definition) is 4. The van der Waals surface area contributed by atoms with Gasteiger partial charge in [0.2, 0.25) is 5.91 Å². The minimum absolute atomic E-state index is 0.0390. The predicted molar refractivity (Wildman–Crippen MR) is 96.7 cm³/mol. The van der Waals surface area contributed by atoms with Crippen LogP contribution in [-0.4, -0.2) is 41.1 Å². The maximum absolute atomic E-state index is 12.0. The molecular formula is C16H22N2O2S2. The number of piperidine rings is 1. The molecule has 0 atom stereocenters. The molecule has 0 radical (unpaired) electrons. The van der Waals surface area contributed by atoms with Gasteiger partial charge in [-0.2, -0.15) is 0 Å². The first-order valence-electron chi connectivity index (χ1n) is 7.44. The van der Waals surface area contributed by atoms with E-state index < -0.39 is 0 Å². The second-order valence-corrected chi connectivity index (χ2v) is 7.11. The fourth-order valence-electron chi connectivity index (χ4n) is 2.28. The van der Waals surface area contributed by atoms with Gasteiger partial charge in [-0.15, -0.1) is 0 Å². The molecule has 2 rings (SSSR count). The third-order valence-electron chi connectivity index (χ3n) is 3.74. The van der Waals surface area contributed by atoms with Gasteiger partial charge in [-0.1, -0.05) is 30.9 Å². The largest absolute Gasteiger partial charge is 0.497 e. The molecule has 1 aromatic rings. The van der Waals surface area contributed by atoms with Crippen molar-refractivity contribution < 1.29 is 9.53 Å². The molecule has 1 fully saturated rings. The van der Waals surface area contributed by atoms with Crippen LogP contribution in [0.5, 0.6) is 5.75 Å². The summed E-state index contributed by atoms with van der Waals surface area (Å²) in [6.07, 6.45) is 2.36. The minimum atomic E-state index is -0.0390. The molecule has 0 aliphatic carbocycles. The molecule has 0 bridgehead atoms. The van der Waals surface area contributed by atoms with E-state index in [4.69, 9.17) is 17.0 Å². The number of likely N-dealkylation sites (tertiary alicyclic amines) is 1. The Morgan fingerprint density at radius 3 is 2.59 bits per heavy atom. The maximum Gasteiger partial charge on any atom is 0.234 e. The molecule has 1 aliphatic heterocycles. The van der Waals surface area contributed by atoms with Crippen molar-refractivity contribution in [2.24, 2.45) is 5.92 Å². The molecule has 1 aliphatic rings. The second kappa shape index (κ2) is 8.39. The first-order valence-corrected chi connectivity index (χ1v) is 8.83. The number of thioether (sulfide) groups is 1. The zero-order valence-electron chi connectivity index (χ0n) is 13.0. The third-order valence-corrected chi connectivity index (χ3v) is 5.27. The lowest BCUT2D eigenvalue weighted by Gasteiger charge is -2.31. The summed E-state index contributed by atoms with van der Waals surface area (Å²) < 4.78 is 5.92. The summed E-state index contributed by atoms with van der Waals surface area (Å²) >= 11 is 6.86. The highest BCUT2D eigenvalue weighted by Gasteiger charge is 2.18. The molecule has 0 spiro atoms. The number of rotatable bonds is 4. The average Bonchev–Trinajstić information content (AvgIpc) is 2.54. The Morgan fingerprint density at radius 2 is 2.00 bits per heavy atom. The first-order chi connectivity index (χ1) is 10.6. The fraction of sp³-hybridized carbons (Fsp3) is 0.500. The summed E-state index contributed by atoms with van der Waals surface area (Å²) in [4.78, 5) is 14.2. The van der Waals surface area contributed by atoms with Gasteiger partial charge >= 0.3 is 0 Å². The Labute approximate surface area is 141 Å². The molecule has 1 aromatic carbocycles. The normalized spacial score (nSPS) is 15.5. The summed E-state index contributed by atoms with van der Waals surface area (Å²) in [5, 5.41) is 2.87. The lowest BCUT2D eigenvalue weighted by Crippen LogP contribution is -2.36. The summed E-state index contributed by atoms with van der Waals surface area (Å²) in [5.41, 5.74) is 0.768. The molecule has 4 nitrogen and oxygen atoms in total. The van der Waals surface area contributed by atoms with Crippen molar-refractivity contribution in [3.63, 3.8) is 0 Å². The van der Waals surface area contributed by atoms with Crippen LogP contribution in [0.1, 0.15) is 19.8 Å². The highest BCUT2D eigenvalue weighted by Crippen LogP contribution is 2.20. The number of nitrogens with one attached hydrogen (secondary N) is 1. The van der Waals surface area contributed by atoms with E-state index in [0.717, 1.165) is 34.8 Å². The number of benzene rings is 1. The van der Waals surface area contributed by atoms with E-state index in [1.165, 1.54) is 24.6 Å². The van der Waals surface area contributed by atoms with Crippen LogP contribution in [0.4, 0.5) is 5.69 Å². The Kier molecular flexibility index (Phi) is 6.51. The standard InChI is InChI=1S/C16H22N2O2S2/c1-12-7-9-18(10-8-12)16(21)22-11-15(19)17-13-3-5-14(20-2)6-4-13/h3-6,12H,7-11H2,1-2H3,(H,17,19). The number of amides is 1. The highest BCUT2D eigenvalue weighted by atomic mass is 32.2. The second-order valence-electron chi connectivity index (χ2n) is 5.50. The van der Waals surface area contributed by atoms with Crippen molar-refractivity contribution in [1.29, 1.82) is 0 Å². The number of ether oxygens (including phenoxy) is 1. The van der Waals surface area contributed by atoms with Crippen LogP contribution in [0.25, 0.3) is 0 Å². The Bertz CT molecular complexity index is 511. The van der Waals surface area contributed by atoms with E-state index in [9.17, 15) is 4.79 Å². The van der Waals surface area contributed by atoms with Gasteiger partial charge in [-0.25, -0.2) is 0 Å². The quantitative estimate of drug-likeness (QED) is 0.853. The zero-order valence-corrected chi connectivity index (χ0v) is 14.6. The number of carbonyl (C=O) groups is 1. The Balaban J connectivity index is 1.73. The number of nitrogens with zero attached hydrogens (tertiary/aromatic N) is 1. The average molecular weight is 338 g/mol. The number of hydrogen-bond donors (Lipinski definition) is 1. The van der Waals surface area contributed by atoms with E-state index in [2.05, 4.69) is 17.1 Å². The predicted octanol–water partition coefficient (Wildman–Crippen LogP) is 3.38. The topological polar surface area (TPSA) is 41.6 Å². The number of anilines is 1. The molecule has 1 N–H and O–H groups in total.